The van der Waals surface area contributed by atoms with Gasteiger partial charge in [-0.15, -0.1) is 12.3 Å². The van der Waals surface area contributed by atoms with Crippen LogP contribution in [0, 0.1) is 12.3 Å². The van der Waals surface area contributed by atoms with Gasteiger partial charge in [0.05, 0.1) is 0 Å². The van der Waals surface area contributed by atoms with E-state index in [9.17, 15) is 4.79 Å². The molecule has 0 heterocycles. The van der Waals surface area contributed by atoms with E-state index in [2.05, 4.69) is 5.92 Å². The van der Waals surface area contributed by atoms with Crippen LogP contribution < -0.4 is 0 Å². The quantitative estimate of drug-likeness (QED) is 0.455. The van der Waals surface area contributed by atoms with Gasteiger partial charge in [-0.25, -0.2) is 0 Å². The second-order valence-corrected chi connectivity index (χ2v) is 2.09. The highest BCUT2D eigenvalue weighted by Gasteiger charge is 1.79. The van der Waals surface area contributed by atoms with Crippen LogP contribution in [0.1, 0.15) is 23.7 Å². The van der Waals surface area contributed by atoms with Crippen molar-refractivity contribution in [2.45, 2.75) is 13.3 Å². The molecule has 0 aromatic heterocycles. The lowest BCUT2D eigenvalue weighted by Crippen LogP contribution is -1.73. The maximum atomic E-state index is 10.0. The van der Waals surface area contributed by atoms with E-state index >= 15 is 0 Å². The summed E-state index contributed by atoms with van der Waals surface area (Å²) in [5.74, 6) is 2.43. The van der Waals surface area contributed by atoms with E-state index in [-0.39, 0.29) is 0 Å². The van der Waals surface area contributed by atoms with Crippen LogP contribution in [0.3, 0.4) is 0 Å². The van der Waals surface area contributed by atoms with Gasteiger partial charge in [0.15, 0.2) is 0 Å². The summed E-state index contributed by atoms with van der Waals surface area (Å²) >= 11 is 0. The van der Waals surface area contributed by atoms with E-state index in [0.29, 0.717) is 0 Å². The summed E-state index contributed by atoms with van der Waals surface area (Å²) in [5, 5.41) is 0. The van der Waals surface area contributed by atoms with Crippen LogP contribution in [0.2, 0.25) is 0 Å². The highest BCUT2D eigenvalue weighted by Crippen LogP contribution is 1.91. The fourth-order valence-corrected chi connectivity index (χ4v) is 0.532. The minimum Gasteiger partial charge on any atom is -0.298 e. The molecular formula is C11H12O. The maximum absolute atomic E-state index is 10.0. The maximum Gasteiger partial charge on any atom is 0.150 e. The fourth-order valence-electron chi connectivity index (χ4n) is 0.532. The molecular weight excluding hydrogens is 148 g/mol. The van der Waals surface area contributed by atoms with Crippen molar-refractivity contribution in [1.82, 2.24) is 0 Å². The molecule has 0 spiro atoms. The van der Waals surface area contributed by atoms with Gasteiger partial charge in [0.25, 0.3) is 0 Å². The molecule has 0 bridgehead atoms. The second-order valence-electron chi connectivity index (χ2n) is 2.09. The first-order chi connectivity index (χ1) is 5.85. The van der Waals surface area contributed by atoms with Gasteiger partial charge in [0, 0.05) is 12.0 Å². The molecule has 62 valence electrons. The average Bonchev–Trinajstić information content (AvgIpc) is 2.19. The van der Waals surface area contributed by atoms with Crippen molar-refractivity contribution in [3.05, 3.63) is 35.9 Å². The molecule has 1 aromatic carbocycles. The molecule has 0 unspecified atom stereocenters. The number of terminal acetylenes is 1. The van der Waals surface area contributed by atoms with Gasteiger partial charge < -0.3 is 0 Å². The summed E-state index contributed by atoms with van der Waals surface area (Å²) in [6.07, 6.45) is 6.46. The smallest absolute Gasteiger partial charge is 0.150 e. The van der Waals surface area contributed by atoms with Crippen molar-refractivity contribution in [3.63, 3.8) is 0 Å². The molecule has 0 fully saturated rings. The van der Waals surface area contributed by atoms with Crippen LogP contribution in [0.5, 0.6) is 0 Å². The summed E-state index contributed by atoms with van der Waals surface area (Å²) < 4.78 is 0. The summed E-state index contributed by atoms with van der Waals surface area (Å²) in [5.41, 5.74) is 0.729. The van der Waals surface area contributed by atoms with E-state index in [0.717, 1.165) is 18.3 Å². The van der Waals surface area contributed by atoms with Crippen molar-refractivity contribution in [2.24, 2.45) is 0 Å². The largest absolute Gasteiger partial charge is 0.298 e. The monoisotopic (exact) mass is 160 g/mol. The number of aldehydes is 1. The summed E-state index contributed by atoms with van der Waals surface area (Å²) in [6.45, 7) is 1.94. The Labute approximate surface area is 73.4 Å². The molecule has 0 aliphatic heterocycles. The third-order valence-corrected chi connectivity index (χ3v) is 1.14. The number of rotatable bonds is 1. The Hall–Kier alpha value is -1.55. The van der Waals surface area contributed by atoms with Crippen LogP contribution in [-0.4, -0.2) is 6.29 Å². The highest BCUT2D eigenvalue weighted by atomic mass is 16.1. The molecule has 1 nitrogen and oxygen atoms in total. The molecule has 1 heteroatoms. The number of hydrogen-bond donors (Lipinski definition) is 0. The molecule has 0 aliphatic carbocycles. The van der Waals surface area contributed by atoms with Crippen LogP contribution >= 0.6 is 0 Å². The van der Waals surface area contributed by atoms with E-state index in [1.54, 1.807) is 12.1 Å². The zero-order valence-corrected chi connectivity index (χ0v) is 7.16. The van der Waals surface area contributed by atoms with Gasteiger partial charge in [-0.05, 0) is 0 Å². The van der Waals surface area contributed by atoms with E-state index in [4.69, 9.17) is 6.42 Å². The molecule has 12 heavy (non-hydrogen) atoms. The van der Waals surface area contributed by atoms with Crippen molar-refractivity contribution in [1.29, 1.82) is 0 Å². The number of carbonyl (C=O) groups is 1. The molecule has 0 saturated heterocycles. The normalized spacial score (nSPS) is 7.33. The standard InChI is InChI=1S/C7H6O.C4H6/c8-6-7-4-2-1-3-5-7;1-3-4-2/h1-6H;1H,4H2,2H3. The molecule has 0 atom stereocenters. The Morgan fingerprint density at radius 2 is 1.92 bits per heavy atom. The Kier molecular flexibility index (Phi) is 6.58. The number of hydrogen-bond acceptors (Lipinski definition) is 1. The van der Waals surface area contributed by atoms with Crippen LogP contribution in [0.25, 0.3) is 0 Å². The Morgan fingerprint density at radius 3 is 2.17 bits per heavy atom. The van der Waals surface area contributed by atoms with E-state index < -0.39 is 0 Å². The topological polar surface area (TPSA) is 17.1 Å². The van der Waals surface area contributed by atoms with E-state index in [1.165, 1.54) is 0 Å². The van der Waals surface area contributed by atoms with Crippen LogP contribution in [0.15, 0.2) is 30.3 Å². The first kappa shape index (κ1) is 10.4. The summed E-state index contributed by atoms with van der Waals surface area (Å²) in [7, 11) is 0. The molecule has 0 N–H and O–H groups in total. The predicted octanol–water partition coefficient (Wildman–Crippen LogP) is 2.53. The molecule has 0 amide bonds. The minimum absolute atomic E-state index is 0.729. The van der Waals surface area contributed by atoms with Gasteiger partial charge in [0.2, 0.25) is 0 Å². The predicted molar refractivity (Wildman–Crippen MR) is 51.0 cm³/mol. The molecule has 0 saturated carbocycles. The van der Waals surface area contributed by atoms with Gasteiger partial charge >= 0.3 is 0 Å². The lowest BCUT2D eigenvalue weighted by atomic mass is 10.2. The second kappa shape index (κ2) is 7.56. The van der Waals surface area contributed by atoms with Gasteiger partial charge in [-0.3, -0.25) is 4.79 Å². The first-order valence-electron chi connectivity index (χ1n) is 3.78. The molecule has 0 aliphatic rings. The van der Waals surface area contributed by atoms with Crippen molar-refractivity contribution >= 4 is 6.29 Å². The first-order valence-corrected chi connectivity index (χ1v) is 3.78. The highest BCUT2D eigenvalue weighted by molar-refractivity contribution is 5.74. The third kappa shape index (κ3) is 5.25. The van der Waals surface area contributed by atoms with Gasteiger partial charge in [0.1, 0.15) is 6.29 Å². The molecule has 1 aromatic rings. The average molecular weight is 160 g/mol. The summed E-state index contributed by atoms with van der Waals surface area (Å²) in [6, 6.07) is 9.10. The van der Waals surface area contributed by atoms with Gasteiger partial charge in [-0.2, -0.15) is 0 Å². The van der Waals surface area contributed by atoms with Crippen molar-refractivity contribution in [3.8, 4) is 12.3 Å². The minimum atomic E-state index is 0.729. The Morgan fingerprint density at radius 1 is 1.42 bits per heavy atom. The number of carbonyl (C=O) groups excluding carboxylic acids is 1. The van der Waals surface area contributed by atoms with Crippen molar-refractivity contribution in [2.75, 3.05) is 0 Å². The number of benzene rings is 1. The Balaban J connectivity index is 0.000000261. The van der Waals surface area contributed by atoms with Gasteiger partial charge in [-0.1, -0.05) is 37.3 Å². The Bertz CT molecular complexity index is 243. The SMILES string of the molecule is C#CCC.O=Cc1ccccc1. The third-order valence-electron chi connectivity index (χ3n) is 1.14. The molecule has 1 rings (SSSR count). The van der Waals surface area contributed by atoms with Crippen LogP contribution in [-0.2, 0) is 0 Å². The summed E-state index contributed by atoms with van der Waals surface area (Å²) in [4.78, 5) is 10.0. The lowest BCUT2D eigenvalue weighted by Gasteiger charge is -1.81. The zero-order valence-electron chi connectivity index (χ0n) is 7.16. The van der Waals surface area contributed by atoms with Crippen molar-refractivity contribution < 1.29 is 4.79 Å². The zero-order chi connectivity index (χ0) is 9.23. The lowest BCUT2D eigenvalue weighted by molar-refractivity contribution is 0.112. The van der Waals surface area contributed by atoms with E-state index in [1.807, 2.05) is 25.1 Å². The molecule has 0 radical (unpaired) electrons. The van der Waals surface area contributed by atoms with Crippen LogP contribution in [0.4, 0.5) is 0 Å². The fraction of sp³-hybridized carbons (Fsp3) is 0.182.